The van der Waals surface area contributed by atoms with Crippen molar-refractivity contribution in [3.8, 4) is 0 Å². The molecule has 0 bridgehead atoms. The molecule has 1 aliphatic carbocycles. The summed E-state index contributed by atoms with van der Waals surface area (Å²) in [6, 6.07) is 0. The van der Waals surface area contributed by atoms with Gasteiger partial charge in [-0.25, -0.2) is 0 Å². The highest BCUT2D eigenvalue weighted by Crippen LogP contribution is 2.55. The number of aliphatic carboxylic acids is 1. The van der Waals surface area contributed by atoms with Crippen LogP contribution in [0.3, 0.4) is 0 Å². The summed E-state index contributed by atoms with van der Waals surface area (Å²) in [5, 5.41) is 40.4. The minimum atomic E-state index is -1.37. The van der Waals surface area contributed by atoms with E-state index in [1.807, 2.05) is 0 Å². The van der Waals surface area contributed by atoms with Crippen molar-refractivity contribution in [2.24, 2.45) is 5.41 Å². The Hall–Kier alpha value is -0.625. The molecule has 0 aromatic heterocycles. The van der Waals surface area contributed by atoms with Crippen molar-refractivity contribution in [3.05, 3.63) is 0 Å². The van der Waals surface area contributed by atoms with Gasteiger partial charge in [-0.3, -0.25) is 10.1 Å². The molecular weight excluding hydrogens is 237 g/mol. The van der Waals surface area contributed by atoms with E-state index in [0.29, 0.717) is 32.2 Å². The first-order valence-electron chi connectivity index (χ1n) is 6.47. The lowest BCUT2D eigenvalue weighted by molar-refractivity contribution is -0.150. The molecule has 7 heteroatoms. The quantitative estimate of drug-likeness (QED) is 0.412. The number of aliphatic hydroxyl groups excluding tert-OH is 1. The Bertz CT molecular complexity index is 339. The van der Waals surface area contributed by atoms with Gasteiger partial charge in [0.05, 0.1) is 6.10 Å². The van der Waals surface area contributed by atoms with Crippen LogP contribution < -0.4 is 5.32 Å². The lowest BCUT2D eigenvalue weighted by Gasteiger charge is -2.39. The maximum atomic E-state index is 11.6. The number of carbonyl (C=O) groups is 1. The van der Waals surface area contributed by atoms with Crippen molar-refractivity contribution >= 4 is 13.1 Å². The molecule has 3 atom stereocenters. The molecule has 0 spiro atoms. The molecule has 0 aromatic rings. The molecule has 0 amide bonds. The minimum Gasteiger partial charge on any atom is -0.480 e. The van der Waals surface area contributed by atoms with Crippen LogP contribution in [-0.2, 0) is 4.79 Å². The van der Waals surface area contributed by atoms with Crippen molar-refractivity contribution in [1.29, 1.82) is 0 Å². The molecular formula is C11H20BNO5. The SMILES string of the molecule is O=C(O)[C@]12CCC[C@@]1(CCCB(O)O)C(O)CN2. The second-order valence-corrected chi connectivity index (χ2v) is 5.49. The van der Waals surface area contributed by atoms with E-state index in [1.54, 1.807) is 0 Å². The van der Waals surface area contributed by atoms with Gasteiger partial charge < -0.3 is 20.3 Å². The summed E-state index contributed by atoms with van der Waals surface area (Å²) < 4.78 is 0. The Balaban J connectivity index is 2.17. The molecule has 1 saturated carbocycles. The van der Waals surface area contributed by atoms with E-state index in [0.717, 1.165) is 6.42 Å². The van der Waals surface area contributed by atoms with E-state index in [-0.39, 0.29) is 6.32 Å². The molecule has 18 heavy (non-hydrogen) atoms. The Morgan fingerprint density at radius 3 is 2.72 bits per heavy atom. The van der Waals surface area contributed by atoms with Crippen LogP contribution in [0.4, 0.5) is 0 Å². The second kappa shape index (κ2) is 4.81. The molecule has 2 aliphatic rings. The standard InChI is InChI=1S/C11H20BNO5/c14-8-7-13-11(9(15)16)5-1-3-10(8,11)4-2-6-12(17)18/h8,13-14,17-18H,1-7H2,(H,15,16)/t8?,10-,11-/m1/s1. The molecule has 0 radical (unpaired) electrons. The number of nitrogens with one attached hydrogen (secondary N) is 1. The highest BCUT2D eigenvalue weighted by Gasteiger charge is 2.66. The van der Waals surface area contributed by atoms with Crippen LogP contribution in [0.1, 0.15) is 32.1 Å². The Morgan fingerprint density at radius 1 is 1.39 bits per heavy atom. The van der Waals surface area contributed by atoms with Gasteiger partial charge in [0.2, 0.25) is 0 Å². The van der Waals surface area contributed by atoms with Crippen molar-refractivity contribution in [2.45, 2.75) is 50.1 Å². The Kier molecular flexibility index (Phi) is 3.69. The molecule has 2 fully saturated rings. The molecule has 0 aromatic carbocycles. The van der Waals surface area contributed by atoms with E-state index >= 15 is 0 Å². The molecule has 1 heterocycles. The third kappa shape index (κ3) is 1.86. The average Bonchev–Trinajstić information content (AvgIpc) is 2.77. The fourth-order valence-corrected chi connectivity index (χ4v) is 3.81. The molecule has 1 saturated heterocycles. The van der Waals surface area contributed by atoms with Gasteiger partial charge in [-0.15, -0.1) is 0 Å². The van der Waals surface area contributed by atoms with Crippen LogP contribution in [0, 0.1) is 5.41 Å². The van der Waals surface area contributed by atoms with E-state index in [2.05, 4.69) is 5.32 Å². The molecule has 6 nitrogen and oxygen atoms in total. The number of hydrogen-bond donors (Lipinski definition) is 5. The first-order valence-corrected chi connectivity index (χ1v) is 6.47. The predicted molar refractivity (Wildman–Crippen MR) is 64.9 cm³/mol. The third-order valence-electron chi connectivity index (χ3n) is 4.71. The van der Waals surface area contributed by atoms with Crippen LogP contribution in [-0.4, -0.2) is 51.5 Å². The number of aliphatic hydroxyl groups is 1. The number of carboxylic acids is 1. The molecule has 1 aliphatic heterocycles. The first kappa shape index (κ1) is 13.8. The van der Waals surface area contributed by atoms with Crippen LogP contribution in [0.5, 0.6) is 0 Å². The van der Waals surface area contributed by atoms with Gasteiger partial charge in [0.25, 0.3) is 0 Å². The largest absolute Gasteiger partial charge is 0.480 e. The summed E-state index contributed by atoms with van der Waals surface area (Å²) in [4.78, 5) is 11.6. The summed E-state index contributed by atoms with van der Waals surface area (Å²) in [5.41, 5.74) is -1.69. The zero-order chi connectivity index (χ0) is 13.4. The first-order chi connectivity index (χ1) is 8.44. The van der Waals surface area contributed by atoms with Crippen molar-refractivity contribution < 1.29 is 25.1 Å². The lowest BCUT2D eigenvalue weighted by atomic mass is 9.66. The topological polar surface area (TPSA) is 110 Å². The molecule has 2 rings (SSSR count). The van der Waals surface area contributed by atoms with Crippen LogP contribution in [0.2, 0.25) is 6.32 Å². The van der Waals surface area contributed by atoms with E-state index in [1.165, 1.54) is 0 Å². The fourth-order valence-electron chi connectivity index (χ4n) is 3.81. The summed E-state index contributed by atoms with van der Waals surface area (Å²) in [6.45, 7) is 0.300. The normalized spacial score (nSPS) is 38.7. The summed E-state index contributed by atoms with van der Waals surface area (Å²) in [6.07, 6.45) is 2.53. The maximum absolute atomic E-state index is 11.6. The van der Waals surface area contributed by atoms with Crippen LogP contribution in [0.15, 0.2) is 0 Å². The zero-order valence-electron chi connectivity index (χ0n) is 10.3. The van der Waals surface area contributed by atoms with Gasteiger partial charge >= 0.3 is 13.1 Å². The minimum absolute atomic E-state index is 0.212. The van der Waals surface area contributed by atoms with Crippen LogP contribution in [0.25, 0.3) is 0 Å². The molecule has 102 valence electrons. The second-order valence-electron chi connectivity index (χ2n) is 5.49. The number of hydrogen-bond acceptors (Lipinski definition) is 5. The Morgan fingerprint density at radius 2 is 2.11 bits per heavy atom. The van der Waals surface area contributed by atoms with Crippen molar-refractivity contribution in [3.63, 3.8) is 0 Å². The molecule has 5 N–H and O–H groups in total. The fraction of sp³-hybridized carbons (Fsp3) is 0.909. The predicted octanol–water partition coefficient (Wildman–Crippen LogP) is -0.803. The lowest BCUT2D eigenvalue weighted by Crippen LogP contribution is -2.56. The summed E-state index contributed by atoms with van der Waals surface area (Å²) in [5.74, 6) is -0.902. The highest BCUT2D eigenvalue weighted by molar-refractivity contribution is 6.40. The van der Waals surface area contributed by atoms with Gasteiger partial charge in [-0.2, -0.15) is 0 Å². The summed E-state index contributed by atoms with van der Waals surface area (Å²) >= 11 is 0. The van der Waals surface area contributed by atoms with Crippen molar-refractivity contribution in [1.82, 2.24) is 5.32 Å². The van der Waals surface area contributed by atoms with Crippen LogP contribution >= 0.6 is 0 Å². The Labute approximate surface area is 106 Å². The van der Waals surface area contributed by atoms with Gasteiger partial charge in [0, 0.05) is 12.0 Å². The third-order valence-corrected chi connectivity index (χ3v) is 4.71. The smallest absolute Gasteiger partial charge is 0.451 e. The maximum Gasteiger partial charge on any atom is 0.451 e. The molecule has 1 unspecified atom stereocenters. The van der Waals surface area contributed by atoms with Gasteiger partial charge in [-0.1, -0.05) is 12.8 Å². The number of β-amino-alcohol motifs (C(OH)–C–C–N with tert-alkyl or cyclic N) is 1. The van der Waals surface area contributed by atoms with Crippen molar-refractivity contribution in [2.75, 3.05) is 6.54 Å². The van der Waals surface area contributed by atoms with Gasteiger partial charge in [0.15, 0.2) is 0 Å². The highest BCUT2D eigenvalue weighted by atomic mass is 16.4. The number of fused-ring (bicyclic) bond motifs is 1. The van der Waals surface area contributed by atoms with E-state index in [4.69, 9.17) is 10.0 Å². The zero-order valence-corrected chi connectivity index (χ0v) is 10.3. The monoisotopic (exact) mass is 257 g/mol. The number of carboxylic acid groups (broad SMARTS) is 1. The number of rotatable bonds is 5. The van der Waals surface area contributed by atoms with Gasteiger partial charge in [0.1, 0.15) is 5.54 Å². The van der Waals surface area contributed by atoms with E-state index < -0.39 is 30.1 Å². The van der Waals surface area contributed by atoms with Gasteiger partial charge in [-0.05, 0) is 25.6 Å². The van der Waals surface area contributed by atoms with E-state index in [9.17, 15) is 15.0 Å². The summed E-state index contributed by atoms with van der Waals surface area (Å²) in [7, 11) is -1.37. The average molecular weight is 257 g/mol.